The smallest absolute Gasteiger partial charge is 0.0590 e. The van der Waals surface area contributed by atoms with Gasteiger partial charge < -0.3 is 10.5 Å². The van der Waals surface area contributed by atoms with Crippen molar-refractivity contribution in [1.82, 2.24) is 4.90 Å². The van der Waals surface area contributed by atoms with Crippen molar-refractivity contribution in [2.24, 2.45) is 5.73 Å². The number of hydrogen-bond donors (Lipinski definition) is 1. The van der Waals surface area contributed by atoms with Crippen LogP contribution in [0.2, 0.25) is 0 Å². The summed E-state index contributed by atoms with van der Waals surface area (Å²) in [5.41, 5.74) is 7.42. The molecule has 0 saturated heterocycles. The van der Waals surface area contributed by atoms with Crippen LogP contribution in [0, 0.1) is 0 Å². The Morgan fingerprint density at radius 3 is 2.43 bits per heavy atom. The van der Waals surface area contributed by atoms with Crippen LogP contribution in [0.5, 0.6) is 0 Å². The molecule has 120 valence electrons. The highest BCUT2D eigenvalue weighted by Crippen LogP contribution is 2.24. The van der Waals surface area contributed by atoms with Gasteiger partial charge in [0.15, 0.2) is 0 Å². The molecule has 0 radical (unpaired) electrons. The maximum absolute atomic E-state index is 6.16. The lowest BCUT2D eigenvalue weighted by molar-refractivity contribution is 0.0376. The number of hydrogen-bond acceptors (Lipinski definition) is 3. The molecule has 2 N–H and O–H groups in total. The lowest BCUT2D eigenvalue weighted by Gasteiger charge is -2.44. The fraction of sp³-hybridized carbons (Fsp3) is 0.647. The van der Waals surface area contributed by atoms with E-state index < -0.39 is 0 Å². The van der Waals surface area contributed by atoms with Gasteiger partial charge in [-0.1, -0.05) is 35.0 Å². The minimum Gasteiger partial charge on any atom is -0.383 e. The van der Waals surface area contributed by atoms with Gasteiger partial charge in [-0.25, -0.2) is 0 Å². The van der Waals surface area contributed by atoms with Gasteiger partial charge >= 0.3 is 0 Å². The van der Waals surface area contributed by atoms with E-state index in [4.69, 9.17) is 10.5 Å². The first kappa shape index (κ1) is 18.6. The number of methoxy groups -OCH3 is 1. The Balaban J connectivity index is 2.93. The summed E-state index contributed by atoms with van der Waals surface area (Å²) in [6.07, 6.45) is 2.06. The third-order valence-corrected chi connectivity index (χ3v) is 4.82. The van der Waals surface area contributed by atoms with Gasteiger partial charge in [0.25, 0.3) is 0 Å². The van der Waals surface area contributed by atoms with Crippen LogP contribution in [0.25, 0.3) is 0 Å². The van der Waals surface area contributed by atoms with Crippen molar-refractivity contribution < 1.29 is 4.74 Å². The molecule has 2 atom stereocenters. The summed E-state index contributed by atoms with van der Waals surface area (Å²) in [6.45, 7) is 9.04. The van der Waals surface area contributed by atoms with Crippen LogP contribution in [0.3, 0.4) is 0 Å². The number of nitrogens with two attached hydrogens (primary N) is 1. The van der Waals surface area contributed by atoms with Gasteiger partial charge in [0.1, 0.15) is 0 Å². The van der Waals surface area contributed by atoms with E-state index in [0.717, 1.165) is 30.5 Å². The molecular formula is C17H29BrN2O. The Hall–Kier alpha value is -0.420. The average Bonchev–Trinajstić information content (AvgIpc) is 2.49. The van der Waals surface area contributed by atoms with Gasteiger partial charge in [-0.2, -0.15) is 0 Å². The van der Waals surface area contributed by atoms with Gasteiger partial charge in [-0.15, -0.1) is 0 Å². The first-order chi connectivity index (χ1) is 9.96. The maximum Gasteiger partial charge on any atom is 0.0590 e. The van der Waals surface area contributed by atoms with E-state index >= 15 is 0 Å². The highest BCUT2D eigenvalue weighted by Gasteiger charge is 2.33. The quantitative estimate of drug-likeness (QED) is 0.736. The molecule has 0 amide bonds. The number of ether oxygens (including phenoxy) is 1. The summed E-state index contributed by atoms with van der Waals surface area (Å²) in [6, 6.07) is 9.01. The largest absolute Gasteiger partial charge is 0.383 e. The van der Waals surface area contributed by atoms with E-state index in [9.17, 15) is 0 Å². The molecule has 4 heteroatoms. The van der Waals surface area contributed by atoms with Gasteiger partial charge in [-0.05, 0) is 44.4 Å². The standard InChI is InChI=1S/C17H29BrN2O/c1-5-14(2)20(10-11-21-4)17(3,13-19)12-15-6-8-16(18)9-7-15/h6-9,14H,5,10-13,19H2,1-4H3. The summed E-state index contributed by atoms with van der Waals surface area (Å²) in [5.74, 6) is 0. The van der Waals surface area contributed by atoms with Crippen LogP contribution >= 0.6 is 15.9 Å². The molecule has 1 rings (SSSR count). The average molecular weight is 357 g/mol. The molecule has 0 aromatic heterocycles. The van der Waals surface area contributed by atoms with Crippen LogP contribution in [0.1, 0.15) is 32.8 Å². The molecule has 1 aromatic carbocycles. The van der Waals surface area contributed by atoms with E-state index in [1.54, 1.807) is 7.11 Å². The van der Waals surface area contributed by atoms with Crippen LogP contribution in [0.4, 0.5) is 0 Å². The molecule has 1 aromatic rings. The zero-order valence-electron chi connectivity index (χ0n) is 13.7. The van der Waals surface area contributed by atoms with Crippen molar-refractivity contribution >= 4 is 15.9 Å². The molecule has 0 aliphatic rings. The highest BCUT2D eigenvalue weighted by molar-refractivity contribution is 9.10. The van der Waals surface area contributed by atoms with Crippen LogP contribution < -0.4 is 5.73 Å². The SMILES string of the molecule is CCC(C)N(CCOC)C(C)(CN)Cc1ccc(Br)cc1. The van der Waals surface area contributed by atoms with Crippen LogP contribution in [-0.4, -0.2) is 43.3 Å². The number of halogens is 1. The van der Waals surface area contributed by atoms with Gasteiger partial charge in [-0.3, -0.25) is 4.90 Å². The molecule has 0 spiro atoms. The fourth-order valence-corrected chi connectivity index (χ4v) is 3.03. The molecule has 3 nitrogen and oxygen atoms in total. The topological polar surface area (TPSA) is 38.5 Å². The third-order valence-electron chi connectivity index (χ3n) is 4.29. The van der Waals surface area contributed by atoms with Crippen LogP contribution in [0.15, 0.2) is 28.7 Å². The lowest BCUT2D eigenvalue weighted by atomic mass is 9.89. The van der Waals surface area contributed by atoms with E-state index in [0.29, 0.717) is 12.6 Å². The minimum absolute atomic E-state index is 0.0538. The predicted octanol–water partition coefficient (Wildman–Crippen LogP) is 3.46. The van der Waals surface area contributed by atoms with E-state index in [1.165, 1.54) is 5.56 Å². The van der Waals surface area contributed by atoms with Gasteiger partial charge in [0, 0.05) is 36.3 Å². The third kappa shape index (κ3) is 5.37. The van der Waals surface area contributed by atoms with E-state index in [-0.39, 0.29) is 5.54 Å². The monoisotopic (exact) mass is 356 g/mol. The van der Waals surface area contributed by atoms with E-state index in [2.05, 4.69) is 65.9 Å². The Bertz CT molecular complexity index is 410. The molecule has 0 bridgehead atoms. The number of nitrogens with zero attached hydrogens (tertiary/aromatic N) is 1. The second-order valence-electron chi connectivity index (χ2n) is 5.95. The lowest BCUT2D eigenvalue weighted by Crippen LogP contribution is -2.57. The van der Waals surface area contributed by atoms with E-state index in [1.807, 2.05) is 0 Å². The highest BCUT2D eigenvalue weighted by atomic mass is 79.9. The van der Waals surface area contributed by atoms with Gasteiger partial charge in [0.2, 0.25) is 0 Å². The van der Waals surface area contributed by atoms with Gasteiger partial charge in [0.05, 0.1) is 6.61 Å². The summed E-state index contributed by atoms with van der Waals surface area (Å²) >= 11 is 3.49. The second-order valence-corrected chi connectivity index (χ2v) is 6.86. The zero-order valence-corrected chi connectivity index (χ0v) is 15.3. The first-order valence-electron chi connectivity index (χ1n) is 7.67. The van der Waals surface area contributed by atoms with Crippen molar-refractivity contribution in [3.63, 3.8) is 0 Å². The maximum atomic E-state index is 6.16. The van der Waals surface area contributed by atoms with Crippen LogP contribution in [-0.2, 0) is 11.2 Å². The molecular weight excluding hydrogens is 328 g/mol. The summed E-state index contributed by atoms with van der Waals surface area (Å²) in [4.78, 5) is 2.50. The Kier molecular flexibility index (Phi) is 7.88. The summed E-state index contributed by atoms with van der Waals surface area (Å²) in [5, 5.41) is 0. The Morgan fingerprint density at radius 2 is 1.95 bits per heavy atom. The van der Waals surface area contributed by atoms with Crippen molar-refractivity contribution in [3.8, 4) is 0 Å². The van der Waals surface area contributed by atoms with Crippen molar-refractivity contribution in [2.75, 3.05) is 26.8 Å². The second kappa shape index (κ2) is 8.89. The molecule has 0 heterocycles. The van der Waals surface area contributed by atoms with Crippen molar-refractivity contribution in [3.05, 3.63) is 34.3 Å². The summed E-state index contributed by atoms with van der Waals surface area (Å²) < 4.78 is 6.39. The molecule has 0 fully saturated rings. The van der Waals surface area contributed by atoms with Crippen molar-refractivity contribution in [1.29, 1.82) is 0 Å². The molecule has 0 aliphatic heterocycles. The first-order valence-corrected chi connectivity index (χ1v) is 8.46. The number of benzene rings is 1. The normalized spacial score (nSPS) is 16.0. The molecule has 21 heavy (non-hydrogen) atoms. The fourth-order valence-electron chi connectivity index (χ4n) is 2.77. The van der Waals surface area contributed by atoms with Crippen molar-refractivity contribution in [2.45, 2.75) is 45.2 Å². The molecule has 0 saturated carbocycles. The number of rotatable bonds is 9. The summed E-state index contributed by atoms with van der Waals surface area (Å²) in [7, 11) is 1.75. The molecule has 2 unspecified atom stereocenters. The molecule has 0 aliphatic carbocycles. The Labute approximate surface area is 138 Å². The zero-order chi connectivity index (χ0) is 15.9. The predicted molar refractivity (Wildman–Crippen MR) is 93.6 cm³/mol. The Morgan fingerprint density at radius 1 is 1.33 bits per heavy atom. The minimum atomic E-state index is -0.0538.